The van der Waals surface area contributed by atoms with Gasteiger partial charge < -0.3 is 10.2 Å². The fourth-order valence-electron chi connectivity index (χ4n) is 2.49. The highest BCUT2D eigenvalue weighted by atomic mass is 15.1. The summed E-state index contributed by atoms with van der Waals surface area (Å²) in [5, 5.41) is 3.47. The van der Waals surface area contributed by atoms with Crippen LogP contribution in [0.25, 0.3) is 0 Å². The van der Waals surface area contributed by atoms with Crippen molar-refractivity contribution in [2.24, 2.45) is 11.8 Å². The van der Waals surface area contributed by atoms with Crippen molar-refractivity contribution in [2.45, 2.75) is 46.5 Å². The minimum absolute atomic E-state index is 0.867. The number of likely N-dealkylation sites (tertiary alicyclic amines) is 1. The molecule has 96 valence electrons. The van der Waals surface area contributed by atoms with Gasteiger partial charge in [0, 0.05) is 0 Å². The summed E-state index contributed by atoms with van der Waals surface area (Å²) in [5.74, 6) is 1.80. The highest BCUT2D eigenvalue weighted by molar-refractivity contribution is 4.73. The van der Waals surface area contributed by atoms with E-state index in [1.807, 2.05) is 0 Å². The molecule has 0 aromatic carbocycles. The van der Waals surface area contributed by atoms with Crippen molar-refractivity contribution in [3.05, 3.63) is 0 Å². The minimum atomic E-state index is 0.867. The maximum Gasteiger partial charge on any atom is -0.00156 e. The van der Waals surface area contributed by atoms with Gasteiger partial charge in [-0.1, -0.05) is 20.8 Å². The van der Waals surface area contributed by atoms with Gasteiger partial charge in [0.05, 0.1) is 0 Å². The summed E-state index contributed by atoms with van der Waals surface area (Å²) in [4.78, 5) is 2.66. The van der Waals surface area contributed by atoms with Crippen molar-refractivity contribution in [1.29, 1.82) is 0 Å². The number of nitrogens with zero attached hydrogens (tertiary/aromatic N) is 1. The Morgan fingerprint density at radius 2 is 1.94 bits per heavy atom. The Morgan fingerprint density at radius 3 is 2.50 bits per heavy atom. The number of hydrogen-bond donors (Lipinski definition) is 1. The lowest BCUT2D eigenvalue weighted by Gasteiger charge is -2.32. The Morgan fingerprint density at radius 1 is 1.25 bits per heavy atom. The first kappa shape index (κ1) is 14.0. The lowest BCUT2D eigenvalue weighted by molar-refractivity contribution is 0.178. The van der Waals surface area contributed by atoms with Gasteiger partial charge >= 0.3 is 0 Å². The Labute approximate surface area is 102 Å². The third-order valence-corrected chi connectivity index (χ3v) is 3.65. The van der Waals surface area contributed by atoms with Crippen LogP contribution in [0, 0.1) is 11.8 Å². The molecule has 1 fully saturated rings. The van der Waals surface area contributed by atoms with Crippen LogP contribution in [0.2, 0.25) is 0 Å². The monoisotopic (exact) mass is 226 g/mol. The largest absolute Gasteiger partial charge is 0.317 e. The molecule has 1 aliphatic heterocycles. The van der Waals surface area contributed by atoms with Crippen LogP contribution < -0.4 is 5.32 Å². The SMILES string of the molecule is CCNCC1CCN(CCCC(C)C)CC1. The first-order valence-electron chi connectivity index (χ1n) is 7.15. The van der Waals surface area contributed by atoms with Crippen LogP contribution in [0.1, 0.15) is 46.5 Å². The van der Waals surface area contributed by atoms with E-state index in [1.54, 1.807) is 0 Å². The van der Waals surface area contributed by atoms with Gasteiger partial charge in [-0.3, -0.25) is 0 Å². The Hall–Kier alpha value is -0.0800. The molecule has 0 aromatic rings. The van der Waals surface area contributed by atoms with Crippen molar-refractivity contribution in [3.8, 4) is 0 Å². The standard InChI is InChI=1S/C14H30N2/c1-4-15-12-14-7-10-16(11-8-14)9-5-6-13(2)3/h13-15H,4-12H2,1-3H3. The van der Waals surface area contributed by atoms with E-state index in [4.69, 9.17) is 0 Å². The Kier molecular flexibility index (Phi) is 7.06. The Balaban J connectivity index is 2.03. The molecule has 16 heavy (non-hydrogen) atoms. The van der Waals surface area contributed by atoms with Crippen molar-refractivity contribution >= 4 is 0 Å². The van der Waals surface area contributed by atoms with Crippen molar-refractivity contribution < 1.29 is 0 Å². The molecule has 0 bridgehead atoms. The topological polar surface area (TPSA) is 15.3 Å². The van der Waals surface area contributed by atoms with Gasteiger partial charge in [-0.25, -0.2) is 0 Å². The summed E-state index contributed by atoms with van der Waals surface area (Å²) in [6.07, 6.45) is 5.57. The van der Waals surface area contributed by atoms with Crippen molar-refractivity contribution in [1.82, 2.24) is 10.2 Å². The zero-order chi connectivity index (χ0) is 11.8. The van der Waals surface area contributed by atoms with E-state index in [1.165, 1.54) is 51.9 Å². The first-order chi connectivity index (χ1) is 7.72. The second-order valence-corrected chi connectivity index (χ2v) is 5.63. The van der Waals surface area contributed by atoms with Gasteiger partial charge in [-0.15, -0.1) is 0 Å². The van der Waals surface area contributed by atoms with Crippen LogP contribution in [0.3, 0.4) is 0 Å². The highest BCUT2D eigenvalue weighted by Crippen LogP contribution is 2.17. The second-order valence-electron chi connectivity index (χ2n) is 5.63. The smallest absolute Gasteiger partial charge is 0.00156 e. The molecule has 2 nitrogen and oxygen atoms in total. The highest BCUT2D eigenvalue weighted by Gasteiger charge is 2.18. The van der Waals surface area contributed by atoms with Crippen LogP contribution in [0.4, 0.5) is 0 Å². The first-order valence-corrected chi connectivity index (χ1v) is 7.15. The zero-order valence-electron chi connectivity index (χ0n) is 11.5. The molecule has 0 amide bonds. The summed E-state index contributed by atoms with van der Waals surface area (Å²) >= 11 is 0. The molecule has 0 aromatic heterocycles. The summed E-state index contributed by atoms with van der Waals surface area (Å²) in [6.45, 7) is 13.2. The van der Waals surface area contributed by atoms with Gasteiger partial charge in [0.2, 0.25) is 0 Å². The fraction of sp³-hybridized carbons (Fsp3) is 1.00. The van der Waals surface area contributed by atoms with Gasteiger partial charge in [0.1, 0.15) is 0 Å². The van der Waals surface area contributed by atoms with Gasteiger partial charge in [-0.2, -0.15) is 0 Å². The average Bonchev–Trinajstić information content (AvgIpc) is 2.27. The maximum absolute atomic E-state index is 3.47. The van der Waals surface area contributed by atoms with E-state index in [-0.39, 0.29) is 0 Å². The summed E-state index contributed by atoms with van der Waals surface area (Å²) in [5.41, 5.74) is 0. The van der Waals surface area contributed by atoms with Gasteiger partial charge in [0.25, 0.3) is 0 Å². The molecule has 2 heteroatoms. The average molecular weight is 226 g/mol. The lowest BCUT2D eigenvalue weighted by Crippen LogP contribution is -2.37. The zero-order valence-corrected chi connectivity index (χ0v) is 11.5. The van der Waals surface area contributed by atoms with E-state index in [9.17, 15) is 0 Å². The van der Waals surface area contributed by atoms with Crippen molar-refractivity contribution in [2.75, 3.05) is 32.7 Å². The van der Waals surface area contributed by atoms with Crippen LogP contribution in [-0.2, 0) is 0 Å². The van der Waals surface area contributed by atoms with Crippen LogP contribution in [0.15, 0.2) is 0 Å². The third-order valence-electron chi connectivity index (χ3n) is 3.65. The van der Waals surface area contributed by atoms with Crippen LogP contribution in [0.5, 0.6) is 0 Å². The molecule has 1 N–H and O–H groups in total. The molecular formula is C14H30N2. The van der Waals surface area contributed by atoms with Crippen LogP contribution >= 0.6 is 0 Å². The van der Waals surface area contributed by atoms with Crippen LogP contribution in [-0.4, -0.2) is 37.6 Å². The molecule has 1 saturated heterocycles. The predicted octanol–water partition coefficient (Wildman–Crippen LogP) is 2.74. The third kappa shape index (κ3) is 5.86. The summed E-state index contributed by atoms with van der Waals surface area (Å²) in [7, 11) is 0. The normalized spacial score (nSPS) is 19.5. The van der Waals surface area contributed by atoms with E-state index >= 15 is 0 Å². The van der Waals surface area contributed by atoms with E-state index in [2.05, 4.69) is 31.0 Å². The quantitative estimate of drug-likeness (QED) is 0.718. The molecule has 0 atom stereocenters. The Bertz CT molecular complexity index is 160. The van der Waals surface area contributed by atoms with Gasteiger partial charge in [0.15, 0.2) is 0 Å². The molecule has 0 aliphatic carbocycles. The molecular weight excluding hydrogens is 196 g/mol. The summed E-state index contributed by atoms with van der Waals surface area (Å²) in [6, 6.07) is 0. The number of hydrogen-bond acceptors (Lipinski definition) is 2. The summed E-state index contributed by atoms with van der Waals surface area (Å²) < 4.78 is 0. The molecule has 0 radical (unpaired) electrons. The number of rotatable bonds is 7. The lowest BCUT2D eigenvalue weighted by atomic mass is 9.96. The van der Waals surface area contributed by atoms with E-state index in [0.717, 1.165) is 18.4 Å². The minimum Gasteiger partial charge on any atom is -0.317 e. The molecule has 1 aliphatic rings. The van der Waals surface area contributed by atoms with Crippen molar-refractivity contribution in [3.63, 3.8) is 0 Å². The number of nitrogens with one attached hydrogen (secondary N) is 1. The molecule has 0 saturated carbocycles. The predicted molar refractivity (Wildman–Crippen MR) is 71.8 cm³/mol. The molecule has 0 unspecified atom stereocenters. The molecule has 1 heterocycles. The number of piperidine rings is 1. The fourth-order valence-corrected chi connectivity index (χ4v) is 2.49. The second kappa shape index (κ2) is 8.08. The van der Waals surface area contributed by atoms with Gasteiger partial charge in [-0.05, 0) is 70.2 Å². The van der Waals surface area contributed by atoms with E-state index < -0.39 is 0 Å². The molecule has 0 spiro atoms. The maximum atomic E-state index is 3.47. The van der Waals surface area contributed by atoms with E-state index in [0.29, 0.717) is 0 Å². The molecule has 1 rings (SSSR count).